The maximum atomic E-state index is 12.1. The topological polar surface area (TPSA) is 46.4 Å². The van der Waals surface area contributed by atoms with E-state index in [1.807, 2.05) is 48.5 Å². The molecule has 4 nitrogen and oxygen atoms in total. The van der Waals surface area contributed by atoms with E-state index in [1.165, 1.54) is 0 Å². The first-order chi connectivity index (χ1) is 10.7. The SMILES string of the molecule is O=C(CC1CN1C(=O)OCc1ccccc1)c1ccccc1. The van der Waals surface area contributed by atoms with Gasteiger partial charge < -0.3 is 9.64 Å². The van der Waals surface area contributed by atoms with Crippen molar-refractivity contribution in [2.75, 3.05) is 6.54 Å². The number of hydrogen-bond donors (Lipinski definition) is 0. The summed E-state index contributed by atoms with van der Waals surface area (Å²) < 4.78 is 5.25. The molecule has 1 heterocycles. The van der Waals surface area contributed by atoms with Crippen molar-refractivity contribution in [2.24, 2.45) is 0 Å². The smallest absolute Gasteiger partial charge is 0.410 e. The number of benzene rings is 2. The molecule has 1 fully saturated rings. The first-order valence-electron chi connectivity index (χ1n) is 7.29. The van der Waals surface area contributed by atoms with Crippen molar-refractivity contribution in [1.82, 2.24) is 4.90 Å². The number of amides is 1. The molecule has 2 aromatic carbocycles. The summed E-state index contributed by atoms with van der Waals surface area (Å²) in [7, 11) is 0. The van der Waals surface area contributed by atoms with Gasteiger partial charge in [0.25, 0.3) is 0 Å². The van der Waals surface area contributed by atoms with Crippen LogP contribution in [0.3, 0.4) is 0 Å². The van der Waals surface area contributed by atoms with Crippen molar-refractivity contribution in [3.63, 3.8) is 0 Å². The number of Topliss-reactive ketones (excluding diaryl/α,β-unsaturated/α-hetero) is 1. The number of ether oxygens (including phenoxy) is 1. The zero-order valence-electron chi connectivity index (χ0n) is 12.1. The summed E-state index contributed by atoms with van der Waals surface area (Å²) in [5.41, 5.74) is 1.64. The van der Waals surface area contributed by atoms with Crippen molar-refractivity contribution in [3.05, 3.63) is 71.8 Å². The molecule has 1 aliphatic rings. The van der Waals surface area contributed by atoms with E-state index in [-0.39, 0.29) is 24.5 Å². The minimum absolute atomic E-state index is 0.0315. The first kappa shape index (κ1) is 14.3. The van der Waals surface area contributed by atoms with Crippen molar-refractivity contribution in [2.45, 2.75) is 19.1 Å². The second-order valence-corrected chi connectivity index (χ2v) is 5.34. The largest absolute Gasteiger partial charge is 0.445 e. The van der Waals surface area contributed by atoms with Crippen LogP contribution in [0.25, 0.3) is 0 Å². The molecule has 3 rings (SSSR count). The predicted octanol–water partition coefficient (Wildman–Crippen LogP) is 3.28. The molecule has 1 aliphatic heterocycles. The van der Waals surface area contributed by atoms with Gasteiger partial charge in [0.1, 0.15) is 6.61 Å². The highest BCUT2D eigenvalue weighted by atomic mass is 16.6. The molecule has 0 aliphatic carbocycles. The van der Waals surface area contributed by atoms with Gasteiger partial charge in [-0.3, -0.25) is 4.79 Å². The molecule has 0 bridgehead atoms. The fourth-order valence-corrected chi connectivity index (χ4v) is 2.34. The van der Waals surface area contributed by atoms with Gasteiger partial charge in [0.15, 0.2) is 5.78 Å². The minimum atomic E-state index is -0.352. The maximum Gasteiger partial charge on any atom is 0.410 e. The number of hydrogen-bond acceptors (Lipinski definition) is 3. The third-order valence-electron chi connectivity index (χ3n) is 3.67. The van der Waals surface area contributed by atoms with Crippen LogP contribution in [-0.2, 0) is 11.3 Å². The summed E-state index contributed by atoms with van der Waals surface area (Å²) in [6.07, 6.45) is -0.000479. The van der Waals surface area contributed by atoms with Crippen LogP contribution in [0.15, 0.2) is 60.7 Å². The van der Waals surface area contributed by atoms with Crippen LogP contribution >= 0.6 is 0 Å². The van der Waals surface area contributed by atoms with E-state index in [0.29, 0.717) is 18.5 Å². The molecule has 1 amide bonds. The van der Waals surface area contributed by atoms with Crippen LogP contribution in [0.1, 0.15) is 22.3 Å². The number of carbonyl (C=O) groups is 2. The van der Waals surface area contributed by atoms with Crippen LogP contribution in [-0.4, -0.2) is 29.4 Å². The van der Waals surface area contributed by atoms with Crippen molar-refractivity contribution in [1.29, 1.82) is 0 Å². The van der Waals surface area contributed by atoms with E-state index < -0.39 is 0 Å². The van der Waals surface area contributed by atoms with Crippen LogP contribution in [0.4, 0.5) is 4.79 Å². The molecule has 0 aromatic heterocycles. The standard InChI is InChI=1S/C18H17NO3/c20-17(15-9-5-2-6-10-15)11-16-12-19(16)18(21)22-13-14-7-3-1-4-8-14/h1-10,16H,11-13H2. The third kappa shape index (κ3) is 3.52. The number of carbonyl (C=O) groups excluding carboxylic acids is 2. The first-order valence-corrected chi connectivity index (χ1v) is 7.29. The monoisotopic (exact) mass is 295 g/mol. The zero-order valence-corrected chi connectivity index (χ0v) is 12.1. The molecule has 1 atom stereocenters. The van der Waals surface area contributed by atoms with E-state index in [2.05, 4.69) is 0 Å². The second kappa shape index (κ2) is 6.43. The molecule has 0 radical (unpaired) electrons. The summed E-state index contributed by atoms with van der Waals surface area (Å²) >= 11 is 0. The number of rotatable bonds is 5. The van der Waals surface area contributed by atoms with E-state index in [0.717, 1.165) is 5.56 Å². The Balaban J connectivity index is 1.46. The van der Waals surface area contributed by atoms with Crippen LogP contribution in [0, 0.1) is 0 Å². The van der Waals surface area contributed by atoms with Gasteiger partial charge in [0, 0.05) is 18.5 Å². The second-order valence-electron chi connectivity index (χ2n) is 5.34. The fourth-order valence-electron chi connectivity index (χ4n) is 2.34. The molecular weight excluding hydrogens is 278 g/mol. The Morgan fingerprint density at radius 1 is 1.00 bits per heavy atom. The van der Waals surface area contributed by atoms with Crippen molar-refractivity contribution < 1.29 is 14.3 Å². The van der Waals surface area contributed by atoms with Gasteiger partial charge >= 0.3 is 6.09 Å². The molecule has 112 valence electrons. The molecule has 22 heavy (non-hydrogen) atoms. The van der Waals surface area contributed by atoms with Crippen LogP contribution < -0.4 is 0 Å². The Morgan fingerprint density at radius 2 is 1.64 bits per heavy atom. The lowest BCUT2D eigenvalue weighted by Crippen LogP contribution is -2.16. The maximum absolute atomic E-state index is 12.1. The Morgan fingerprint density at radius 3 is 2.32 bits per heavy atom. The highest BCUT2D eigenvalue weighted by molar-refractivity contribution is 5.97. The van der Waals surface area contributed by atoms with Crippen LogP contribution in [0.2, 0.25) is 0 Å². The predicted molar refractivity (Wildman–Crippen MR) is 82.5 cm³/mol. The highest BCUT2D eigenvalue weighted by Gasteiger charge is 2.40. The Bertz CT molecular complexity index is 655. The van der Waals surface area contributed by atoms with Crippen LogP contribution in [0.5, 0.6) is 0 Å². The van der Waals surface area contributed by atoms with E-state index in [1.54, 1.807) is 17.0 Å². The Kier molecular flexibility index (Phi) is 4.19. The fraction of sp³-hybridized carbons (Fsp3) is 0.222. The highest BCUT2D eigenvalue weighted by Crippen LogP contribution is 2.24. The minimum Gasteiger partial charge on any atom is -0.445 e. The zero-order chi connectivity index (χ0) is 15.4. The molecule has 1 unspecified atom stereocenters. The lowest BCUT2D eigenvalue weighted by atomic mass is 10.1. The van der Waals surface area contributed by atoms with Gasteiger partial charge in [-0.15, -0.1) is 0 Å². The van der Waals surface area contributed by atoms with Gasteiger partial charge in [-0.05, 0) is 5.56 Å². The molecule has 0 saturated carbocycles. The third-order valence-corrected chi connectivity index (χ3v) is 3.67. The molecular formula is C18H17NO3. The number of nitrogens with zero attached hydrogens (tertiary/aromatic N) is 1. The summed E-state index contributed by atoms with van der Waals surface area (Å²) in [5.74, 6) is 0.0592. The van der Waals surface area contributed by atoms with Crippen molar-refractivity contribution in [3.8, 4) is 0 Å². The van der Waals surface area contributed by atoms with Crippen molar-refractivity contribution >= 4 is 11.9 Å². The van der Waals surface area contributed by atoms with E-state index >= 15 is 0 Å². The van der Waals surface area contributed by atoms with Gasteiger partial charge in [0.05, 0.1) is 6.04 Å². The summed E-state index contributed by atoms with van der Waals surface area (Å²) in [5, 5.41) is 0. The lowest BCUT2D eigenvalue weighted by Gasteiger charge is -2.06. The molecule has 0 N–H and O–H groups in total. The summed E-state index contributed by atoms with van der Waals surface area (Å²) in [6, 6.07) is 18.7. The normalized spacial score (nSPS) is 16.2. The quantitative estimate of drug-likeness (QED) is 0.628. The molecule has 1 saturated heterocycles. The summed E-state index contributed by atoms with van der Waals surface area (Å²) in [6.45, 7) is 0.849. The number of ketones is 1. The Labute approximate surface area is 129 Å². The molecule has 0 spiro atoms. The average molecular weight is 295 g/mol. The van der Waals surface area contributed by atoms with Gasteiger partial charge in [0.2, 0.25) is 0 Å². The van der Waals surface area contributed by atoms with E-state index in [9.17, 15) is 9.59 Å². The average Bonchev–Trinajstić information content (AvgIpc) is 3.33. The van der Waals surface area contributed by atoms with E-state index in [4.69, 9.17) is 4.74 Å². The summed E-state index contributed by atoms with van der Waals surface area (Å²) in [4.78, 5) is 25.6. The molecule has 2 aromatic rings. The Hall–Kier alpha value is -2.62. The lowest BCUT2D eigenvalue weighted by molar-refractivity contribution is 0.0972. The van der Waals surface area contributed by atoms with Gasteiger partial charge in [-0.25, -0.2) is 4.79 Å². The van der Waals surface area contributed by atoms with Gasteiger partial charge in [-0.2, -0.15) is 0 Å². The van der Waals surface area contributed by atoms with Gasteiger partial charge in [-0.1, -0.05) is 60.7 Å². The molecule has 4 heteroatoms.